The SMILES string of the molecule is Cc1c(COc2cc(OCC3CCC3)c(CNC(C)(CO)CO)cc2Cl)cccc1-c1ccc2c(c1)OCCO2. The first kappa shape index (κ1) is 28.6. The van der Waals surface area contributed by atoms with Gasteiger partial charge in [-0.15, -0.1) is 0 Å². The molecule has 2 aliphatic rings. The number of benzene rings is 3. The summed E-state index contributed by atoms with van der Waals surface area (Å²) in [5, 5.41) is 23.1. The molecule has 0 aromatic heterocycles. The maximum Gasteiger partial charge on any atom is 0.161 e. The Labute approximate surface area is 241 Å². The summed E-state index contributed by atoms with van der Waals surface area (Å²) in [5.74, 6) is 3.34. The largest absolute Gasteiger partial charge is 0.493 e. The zero-order valence-corrected chi connectivity index (χ0v) is 23.9. The first-order valence-corrected chi connectivity index (χ1v) is 14.3. The van der Waals surface area contributed by atoms with E-state index in [1.54, 1.807) is 6.92 Å². The highest BCUT2D eigenvalue weighted by Crippen LogP contribution is 2.38. The number of halogens is 1. The molecule has 5 rings (SSSR count). The second-order valence-electron chi connectivity index (χ2n) is 11.0. The fourth-order valence-corrected chi connectivity index (χ4v) is 5.06. The first-order valence-electron chi connectivity index (χ1n) is 13.9. The van der Waals surface area contributed by atoms with Crippen molar-refractivity contribution in [3.63, 3.8) is 0 Å². The highest BCUT2D eigenvalue weighted by atomic mass is 35.5. The van der Waals surface area contributed by atoms with Gasteiger partial charge in [0.15, 0.2) is 11.5 Å². The van der Waals surface area contributed by atoms with E-state index >= 15 is 0 Å². The van der Waals surface area contributed by atoms with Crippen molar-refractivity contribution in [2.75, 3.05) is 33.0 Å². The average Bonchev–Trinajstić information content (AvgIpc) is 2.95. The number of aliphatic hydroxyl groups is 2. The lowest BCUT2D eigenvalue weighted by Gasteiger charge is -2.28. The number of hydrogen-bond acceptors (Lipinski definition) is 7. The molecular weight excluding hydrogens is 530 g/mol. The Bertz CT molecular complexity index is 1320. The minimum absolute atomic E-state index is 0.193. The molecule has 0 saturated heterocycles. The zero-order chi connectivity index (χ0) is 28.1. The fraction of sp³-hybridized carbons (Fsp3) is 0.438. The van der Waals surface area contributed by atoms with Gasteiger partial charge in [-0.05, 0) is 73.1 Å². The minimum Gasteiger partial charge on any atom is -0.493 e. The van der Waals surface area contributed by atoms with Gasteiger partial charge in [0, 0.05) is 18.2 Å². The molecule has 214 valence electrons. The van der Waals surface area contributed by atoms with E-state index in [0.717, 1.165) is 39.3 Å². The highest BCUT2D eigenvalue weighted by molar-refractivity contribution is 6.32. The van der Waals surface area contributed by atoms with Crippen molar-refractivity contribution in [1.29, 1.82) is 0 Å². The smallest absolute Gasteiger partial charge is 0.161 e. The van der Waals surface area contributed by atoms with Crippen LogP contribution >= 0.6 is 11.6 Å². The predicted molar refractivity (Wildman–Crippen MR) is 156 cm³/mol. The van der Waals surface area contributed by atoms with E-state index in [0.29, 0.717) is 55.4 Å². The van der Waals surface area contributed by atoms with Gasteiger partial charge in [-0.25, -0.2) is 0 Å². The Hall–Kier alpha value is -2.97. The van der Waals surface area contributed by atoms with Crippen molar-refractivity contribution in [3.8, 4) is 34.1 Å². The van der Waals surface area contributed by atoms with Crippen LogP contribution in [0.1, 0.15) is 42.9 Å². The number of fused-ring (bicyclic) bond motifs is 1. The van der Waals surface area contributed by atoms with E-state index in [4.69, 9.17) is 30.5 Å². The van der Waals surface area contributed by atoms with Crippen LogP contribution in [0, 0.1) is 12.8 Å². The lowest BCUT2D eigenvalue weighted by atomic mass is 9.86. The molecule has 0 amide bonds. The second-order valence-corrected chi connectivity index (χ2v) is 11.4. The van der Waals surface area contributed by atoms with Crippen LogP contribution in [-0.2, 0) is 13.2 Å². The summed E-state index contributed by atoms with van der Waals surface area (Å²) in [6.45, 7) is 5.95. The van der Waals surface area contributed by atoms with Crippen molar-refractivity contribution in [2.45, 2.75) is 51.8 Å². The van der Waals surface area contributed by atoms with Gasteiger partial charge in [0.05, 0.1) is 30.4 Å². The van der Waals surface area contributed by atoms with Gasteiger partial charge in [-0.3, -0.25) is 0 Å². The molecular formula is C32H38ClNO6. The first-order chi connectivity index (χ1) is 19.4. The third-order valence-electron chi connectivity index (χ3n) is 7.90. The van der Waals surface area contributed by atoms with Crippen molar-refractivity contribution in [1.82, 2.24) is 5.32 Å². The summed E-state index contributed by atoms with van der Waals surface area (Å²) in [4.78, 5) is 0. The van der Waals surface area contributed by atoms with Gasteiger partial charge >= 0.3 is 0 Å². The van der Waals surface area contributed by atoms with Crippen LogP contribution in [0.3, 0.4) is 0 Å². The third-order valence-corrected chi connectivity index (χ3v) is 8.20. The Morgan fingerprint density at radius 1 is 0.950 bits per heavy atom. The molecule has 3 aromatic carbocycles. The van der Waals surface area contributed by atoms with Gasteiger partial charge in [-0.1, -0.05) is 42.3 Å². The molecule has 0 atom stereocenters. The summed E-state index contributed by atoms with van der Waals surface area (Å²) in [5.41, 5.74) is 4.36. The Morgan fingerprint density at radius 2 is 1.73 bits per heavy atom. The predicted octanol–water partition coefficient (Wildman–Crippen LogP) is 5.68. The monoisotopic (exact) mass is 567 g/mol. The molecule has 0 radical (unpaired) electrons. The molecule has 1 aliphatic heterocycles. The Kier molecular flexibility index (Phi) is 9.06. The summed E-state index contributed by atoms with van der Waals surface area (Å²) in [6.07, 6.45) is 3.60. The molecule has 3 aromatic rings. The molecule has 1 fully saturated rings. The molecule has 8 heteroatoms. The van der Waals surface area contributed by atoms with Crippen LogP contribution in [0.2, 0.25) is 5.02 Å². The van der Waals surface area contributed by atoms with Crippen molar-refractivity contribution in [3.05, 3.63) is 70.2 Å². The van der Waals surface area contributed by atoms with Gasteiger partial charge in [0.1, 0.15) is 31.3 Å². The molecule has 1 aliphatic carbocycles. The number of ether oxygens (including phenoxy) is 4. The quantitative estimate of drug-likeness (QED) is 0.259. The van der Waals surface area contributed by atoms with E-state index in [1.807, 2.05) is 30.3 Å². The standard InChI is InChI=1S/C32H38ClNO6/c1-21-24(7-4-8-26(21)23-9-10-28-31(14-23)38-12-11-37-28)18-40-30-15-29(39-17-22-5-3-6-22)25(13-27(30)33)16-34-32(2,19-35)20-36/h4,7-10,13-15,22,34-36H,3,5-6,11-12,16-20H2,1-2H3. The van der Waals surface area contributed by atoms with Crippen molar-refractivity contribution >= 4 is 11.6 Å². The summed E-state index contributed by atoms with van der Waals surface area (Å²) < 4.78 is 24.0. The van der Waals surface area contributed by atoms with Crippen LogP contribution in [0.25, 0.3) is 11.1 Å². The van der Waals surface area contributed by atoms with Gasteiger partial charge in [-0.2, -0.15) is 0 Å². The van der Waals surface area contributed by atoms with Crippen LogP contribution in [0.5, 0.6) is 23.0 Å². The fourth-order valence-electron chi connectivity index (χ4n) is 4.82. The van der Waals surface area contributed by atoms with Gasteiger partial charge in [0.2, 0.25) is 0 Å². The van der Waals surface area contributed by atoms with Crippen molar-refractivity contribution in [2.24, 2.45) is 5.92 Å². The maximum absolute atomic E-state index is 9.68. The van der Waals surface area contributed by atoms with E-state index in [2.05, 4.69) is 30.4 Å². The number of nitrogens with one attached hydrogen (secondary N) is 1. The van der Waals surface area contributed by atoms with Crippen LogP contribution < -0.4 is 24.3 Å². The minimum atomic E-state index is -0.813. The molecule has 0 bridgehead atoms. The topological polar surface area (TPSA) is 89.4 Å². The van der Waals surface area contributed by atoms with Crippen LogP contribution in [-0.4, -0.2) is 48.8 Å². The molecule has 0 spiro atoms. The normalized spacial score (nSPS) is 15.0. The summed E-state index contributed by atoms with van der Waals surface area (Å²) in [7, 11) is 0. The van der Waals surface area contributed by atoms with E-state index < -0.39 is 5.54 Å². The molecule has 3 N–H and O–H groups in total. The third kappa shape index (κ3) is 6.50. The van der Waals surface area contributed by atoms with E-state index in [-0.39, 0.29) is 13.2 Å². The average molecular weight is 568 g/mol. The summed E-state index contributed by atoms with van der Waals surface area (Å²) >= 11 is 6.69. The zero-order valence-electron chi connectivity index (χ0n) is 23.2. The highest BCUT2D eigenvalue weighted by Gasteiger charge is 2.24. The second kappa shape index (κ2) is 12.7. The van der Waals surface area contributed by atoms with Gasteiger partial charge in [0.25, 0.3) is 0 Å². The lowest BCUT2D eigenvalue weighted by Crippen LogP contribution is -2.48. The van der Waals surface area contributed by atoms with Crippen molar-refractivity contribution < 1.29 is 29.2 Å². The van der Waals surface area contributed by atoms with Crippen LogP contribution in [0.15, 0.2) is 48.5 Å². The molecule has 7 nitrogen and oxygen atoms in total. The number of rotatable bonds is 12. The maximum atomic E-state index is 9.68. The Morgan fingerprint density at radius 3 is 2.45 bits per heavy atom. The number of aliphatic hydroxyl groups excluding tert-OH is 2. The van der Waals surface area contributed by atoms with Gasteiger partial charge < -0.3 is 34.5 Å². The molecule has 1 saturated carbocycles. The van der Waals surface area contributed by atoms with Crippen LogP contribution in [0.4, 0.5) is 0 Å². The molecule has 40 heavy (non-hydrogen) atoms. The molecule has 1 heterocycles. The molecule has 0 unspecified atom stereocenters. The van der Waals surface area contributed by atoms with E-state index in [1.165, 1.54) is 19.3 Å². The van der Waals surface area contributed by atoms with E-state index in [9.17, 15) is 10.2 Å². The Balaban J connectivity index is 1.34. The number of hydrogen-bond donors (Lipinski definition) is 3. The summed E-state index contributed by atoms with van der Waals surface area (Å²) in [6, 6.07) is 15.9. The lowest BCUT2D eigenvalue weighted by molar-refractivity contribution is 0.102.